The zero-order valence-corrected chi connectivity index (χ0v) is 28.0. The SMILES string of the molecule is [3H]C1CC(OP(OC(CC#N)C(C)(C)C)n2cncn2)C(COP(=S)(OC2CC([3H])OC2CC)OC(CC#N)C(C)(C)C)O1. The normalized spacial score (nSPS) is 30.9. The summed E-state index contributed by atoms with van der Waals surface area (Å²) in [6.45, 7) is 8.42. The Balaban J connectivity index is 1.82. The van der Waals surface area contributed by atoms with Gasteiger partial charge in [-0.1, -0.05) is 48.5 Å². The minimum atomic E-state index is -3.53. The minimum Gasteiger partial charge on any atom is -0.375 e. The molecular formula is C27H45N5O7P2S. The molecule has 0 aliphatic carbocycles. The molecule has 0 N–H and O–H groups in total. The number of ether oxygens (including phenoxy) is 2. The molecule has 15 heteroatoms. The topological polar surface area (TPSA) is 143 Å². The first-order chi connectivity index (χ1) is 20.6. The van der Waals surface area contributed by atoms with Crippen LogP contribution in [-0.4, -0.2) is 70.9 Å². The van der Waals surface area contributed by atoms with Crippen molar-refractivity contribution in [2.45, 2.75) is 117 Å². The molecule has 2 fully saturated rings. The van der Waals surface area contributed by atoms with E-state index in [9.17, 15) is 10.5 Å². The zero-order valence-electron chi connectivity index (χ0n) is 27.4. The van der Waals surface area contributed by atoms with Crippen molar-refractivity contribution in [3.8, 4) is 12.1 Å². The van der Waals surface area contributed by atoms with Gasteiger partial charge in [-0.3, -0.25) is 0 Å². The van der Waals surface area contributed by atoms with E-state index in [0.717, 1.165) is 0 Å². The Morgan fingerprint density at radius 3 is 2.26 bits per heavy atom. The maximum absolute atomic E-state index is 9.50. The summed E-state index contributed by atoms with van der Waals surface area (Å²) in [4.78, 5) is 4.03. The third-order valence-electron chi connectivity index (χ3n) is 6.85. The van der Waals surface area contributed by atoms with Crippen LogP contribution in [0.3, 0.4) is 0 Å². The predicted molar refractivity (Wildman–Crippen MR) is 160 cm³/mol. The number of nitriles is 2. The minimum absolute atomic E-state index is 0.0751. The lowest BCUT2D eigenvalue weighted by atomic mass is 9.88. The van der Waals surface area contributed by atoms with Gasteiger partial charge in [-0.05, 0) is 29.1 Å². The van der Waals surface area contributed by atoms with Gasteiger partial charge in [0.2, 0.25) is 0 Å². The molecular weight excluding hydrogens is 600 g/mol. The number of rotatable bonds is 15. The molecule has 12 nitrogen and oxygen atoms in total. The van der Waals surface area contributed by atoms with Crippen LogP contribution in [-0.2, 0) is 43.9 Å². The molecule has 0 spiro atoms. The van der Waals surface area contributed by atoms with E-state index in [2.05, 4.69) is 22.2 Å². The van der Waals surface area contributed by atoms with Crippen LogP contribution in [0, 0.1) is 33.5 Å². The quantitative estimate of drug-likeness (QED) is 0.204. The van der Waals surface area contributed by atoms with E-state index in [0.29, 0.717) is 12.8 Å². The van der Waals surface area contributed by atoms with Gasteiger partial charge in [-0.15, -0.1) is 0 Å². The number of hydrogen-bond acceptors (Lipinski definition) is 12. The molecule has 2 saturated heterocycles. The summed E-state index contributed by atoms with van der Waals surface area (Å²) in [5.41, 5.74) is -0.806. The Morgan fingerprint density at radius 1 is 1.07 bits per heavy atom. The van der Waals surface area contributed by atoms with Crippen LogP contribution >= 0.6 is 15.2 Å². The van der Waals surface area contributed by atoms with Crippen molar-refractivity contribution in [2.75, 3.05) is 19.8 Å². The van der Waals surface area contributed by atoms with Gasteiger partial charge < -0.3 is 32.1 Å². The third kappa shape index (κ3) is 10.2. The molecule has 1 aromatic heterocycles. The Morgan fingerprint density at radius 2 is 1.69 bits per heavy atom. The fourth-order valence-electron chi connectivity index (χ4n) is 4.13. The fraction of sp³-hybridized carbons (Fsp3) is 0.852. The maximum Gasteiger partial charge on any atom is 0.327 e. The highest BCUT2D eigenvalue weighted by atomic mass is 32.5. The van der Waals surface area contributed by atoms with Crippen LogP contribution < -0.4 is 0 Å². The Bertz CT molecular complexity index is 1180. The van der Waals surface area contributed by atoms with Crippen LogP contribution in [0.15, 0.2) is 12.7 Å². The van der Waals surface area contributed by atoms with Gasteiger partial charge in [0.25, 0.3) is 0 Å². The van der Waals surface area contributed by atoms with Crippen LogP contribution in [0.1, 0.15) is 83.3 Å². The van der Waals surface area contributed by atoms with Crippen LogP contribution in [0.2, 0.25) is 0 Å². The summed E-state index contributed by atoms with van der Waals surface area (Å²) in [7, 11) is -1.87. The molecule has 10 unspecified atom stereocenters. The van der Waals surface area contributed by atoms with Gasteiger partial charge >= 0.3 is 15.2 Å². The van der Waals surface area contributed by atoms with Crippen molar-refractivity contribution >= 4 is 27.1 Å². The fourth-order valence-corrected chi connectivity index (χ4v) is 8.29. The van der Waals surface area contributed by atoms with Crippen molar-refractivity contribution in [2.24, 2.45) is 10.8 Å². The van der Waals surface area contributed by atoms with Gasteiger partial charge in [-0.25, -0.2) is 4.98 Å². The molecule has 0 saturated carbocycles. The lowest BCUT2D eigenvalue weighted by molar-refractivity contribution is -0.0174. The highest BCUT2D eigenvalue weighted by Crippen LogP contribution is 2.56. The van der Waals surface area contributed by atoms with E-state index in [1.807, 2.05) is 48.5 Å². The highest BCUT2D eigenvalue weighted by Gasteiger charge is 2.42. The second-order valence-electron chi connectivity index (χ2n) is 12.3. The van der Waals surface area contributed by atoms with E-state index >= 15 is 0 Å². The highest BCUT2D eigenvalue weighted by molar-refractivity contribution is 8.07. The van der Waals surface area contributed by atoms with Crippen molar-refractivity contribution in [3.05, 3.63) is 12.7 Å². The molecule has 0 amide bonds. The first-order valence-corrected chi connectivity index (χ1v) is 17.8. The molecule has 236 valence electrons. The standard InChI is InChI=1S/C27H45N5O7P2S/c1-8-20-22(12-16-33-20)38-41(42,39-25(10-14-29)27(5,6)7)35-17-23-21(11-15-34-23)36-40(32-19-30-18-31-32)37-24(9-13-28)26(2,3)4/h18-25H,8-12,15-17H2,1-7H3/i15T,16T. The third-order valence-corrected chi connectivity index (χ3v) is 10.6. The Kier molecular flexibility index (Phi) is 12.1. The zero-order chi connectivity index (χ0) is 32.7. The number of nitrogens with zero attached hydrogens (tertiary/aromatic N) is 5. The average molecular weight is 650 g/mol. The molecule has 2 aliphatic heterocycles. The molecule has 10 atom stereocenters. The van der Waals surface area contributed by atoms with E-state index in [1.165, 1.54) is 17.1 Å². The van der Waals surface area contributed by atoms with Crippen molar-refractivity contribution < 1.29 is 34.8 Å². The van der Waals surface area contributed by atoms with Gasteiger partial charge in [0.05, 0.1) is 64.8 Å². The molecule has 0 aromatic carbocycles. The average Bonchev–Trinajstić information content (AvgIpc) is 3.65. The largest absolute Gasteiger partial charge is 0.375 e. The van der Waals surface area contributed by atoms with Gasteiger partial charge in [-0.2, -0.15) is 20.1 Å². The van der Waals surface area contributed by atoms with E-state index in [4.69, 9.17) is 46.6 Å². The lowest BCUT2D eigenvalue weighted by Crippen LogP contribution is -2.33. The molecule has 1 aromatic rings. The van der Waals surface area contributed by atoms with Crippen molar-refractivity contribution in [3.63, 3.8) is 0 Å². The monoisotopic (exact) mass is 649 g/mol. The smallest absolute Gasteiger partial charge is 0.327 e. The number of hydrogen-bond donors (Lipinski definition) is 0. The summed E-state index contributed by atoms with van der Waals surface area (Å²) in [5.74, 6) is 0. The summed E-state index contributed by atoms with van der Waals surface area (Å²) in [6.07, 6.45) is 0.924. The molecule has 3 heterocycles. The van der Waals surface area contributed by atoms with Gasteiger partial charge in [0.1, 0.15) is 18.8 Å². The van der Waals surface area contributed by atoms with Crippen LogP contribution in [0.5, 0.6) is 0 Å². The van der Waals surface area contributed by atoms with Crippen LogP contribution in [0.4, 0.5) is 0 Å². The predicted octanol–water partition coefficient (Wildman–Crippen LogP) is 6.04. The van der Waals surface area contributed by atoms with Crippen molar-refractivity contribution in [1.82, 2.24) is 14.5 Å². The van der Waals surface area contributed by atoms with E-state index in [-0.39, 0.29) is 37.4 Å². The summed E-state index contributed by atoms with van der Waals surface area (Å²) < 4.78 is 61.1. The second-order valence-corrected chi connectivity index (χ2v) is 16.5. The Hall–Kier alpha value is -1.08. The Labute approximate surface area is 259 Å². The first-order valence-electron chi connectivity index (χ1n) is 15.2. The summed E-state index contributed by atoms with van der Waals surface area (Å²) >= 11 is 5.92. The lowest BCUT2D eigenvalue weighted by Gasteiger charge is -2.36. The first kappa shape index (κ1) is 32.3. The maximum atomic E-state index is 9.50. The summed E-state index contributed by atoms with van der Waals surface area (Å²) in [5, 5.41) is 23.1. The van der Waals surface area contributed by atoms with Crippen LogP contribution in [0.25, 0.3) is 0 Å². The molecule has 3 rings (SSSR count). The van der Waals surface area contributed by atoms with Gasteiger partial charge in [0.15, 0.2) is 0 Å². The molecule has 0 bridgehead atoms. The van der Waals surface area contributed by atoms with E-state index in [1.54, 1.807) is 0 Å². The summed E-state index contributed by atoms with van der Waals surface area (Å²) in [6, 6.07) is 4.34. The second kappa shape index (κ2) is 15.8. The molecule has 2 aliphatic rings. The van der Waals surface area contributed by atoms with E-state index < -0.39 is 64.3 Å². The van der Waals surface area contributed by atoms with Crippen molar-refractivity contribution in [1.29, 1.82) is 10.5 Å². The van der Waals surface area contributed by atoms with Gasteiger partial charge in [0, 0.05) is 26.0 Å². The molecule has 0 radical (unpaired) electrons. The molecule has 42 heavy (non-hydrogen) atoms. The number of aromatic nitrogens is 3.